The van der Waals surface area contributed by atoms with Gasteiger partial charge in [0.25, 0.3) is 0 Å². The SMILES string of the molecule is Cc1cccc(NC(=O)C(NC(N)=O)C(C)C)c1C. The van der Waals surface area contributed by atoms with Crippen molar-refractivity contribution < 1.29 is 9.59 Å². The van der Waals surface area contributed by atoms with E-state index in [-0.39, 0.29) is 11.8 Å². The summed E-state index contributed by atoms with van der Waals surface area (Å²) in [5.41, 5.74) is 7.95. The molecule has 0 saturated heterocycles. The van der Waals surface area contributed by atoms with Crippen molar-refractivity contribution in [1.29, 1.82) is 0 Å². The molecule has 0 aliphatic carbocycles. The van der Waals surface area contributed by atoms with Crippen LogP contribution in [0.5, 0.6) is 0 Å². The van der Waals surface area contributed by atoms with Gasteiger partial charge in [0.15, 0.2) is 0 Å². The molecule has 0 radical (unpaired) electrons. The summed E-state index contributed by atoms with van der Waals surface area (Å²) >= 11 is 0. The first-order valence-corrected chi connectivity index (χ1v) is 6.26. The van der Waals surface area contributed by atoms with Crippen LogP contribution in [-0.4, -0.2) is 18.0 Å². The van der Waals surface area contributed by atoms with Gasteiger partial charge in [0.1, 0.15) is 6.04 Å². The zero-order valence-electron chi connectivity index (χ0n) is 11.8. The number of hydrogen-bond acceptors (Lipinski definition) is 2. The Bertz CT molecular complexity index is 484. The fourth-order valence-corrected chi connectivity index (χ4v) is 1.79. The maximum Gasteiger partial charge on any atom is 0.312 e. The fraction of sp³-hybridized carbons (Fsp3) is 0.429. The van der Waals surface area contributed by atoms with Gasteiger partial charge in [0.05, 0.1) is 0 Å². The van der Waals surface area contributed by atoms with Crippen molar-refractivity contribution in [3.05, 3.63) is 29.3 Å². The largest absolute Gasteiger partial charge is 0.352 e. The van der Waals surface area contributed by atoms with E-state index in [1.165, 1.54) is 0 Å². The summed E-state index contributed by atoms with van der Waals surface area (Å²) < 4.78 is 0. The molecule has 0 bridgehead atoms. The minimum atomic E-state index is -0.699. The molecule has 1 aromatic rings. The van der Waals surface area contributed by atoms with Gasteiger partial charge in [-0.15, -0.1) is 0 Å². The number of nitrogens with two attached hydrogens (primary N) is 1. The standard InChI is InChI=1S/C14H21N3O2/c1-8(2)12(17-14(15)19)13(18)16-11-7-5-6-9(3)10(11)4/h5-8,12H,1-4H3,(H,16,18)(H3,15,17,19). The Kier molecular flexibility index (Phi) is 4.92. The highest BCUT2D eigenvalue weighted by atomic mass is 16.2. The van der Waals surface area contributed by atoms with Crippen molar-refractivity contribution in [1.82, 2.24) is 5.32 Å². The highest BCUT2D eigenvalue weighted by molar-refractivity contribution is 5.97. The average Bonchev–Trinajstić information content (AvgIpc) is 2.31. The molecular weight excluding hydrogens is 242 g/mol. The Morgan fingerprint density at radius 2 is 1.84 bits per heavy atom. The Hall–Kier alpha value is -2.04. The third-order valence-corrected chi connectivity index (χ3v) is 3.11. The Balaban J connectivity index is 2.87. The van der Waals surface area contributed by atoms with Gasteiger partial charge in [-0.3, -0.25) is 4.79 Å². The van der Waals surface area contributed by atoms with Crippen molar-refractivity contribution in [3.8, 4) is 0 Å². The zero-order chi connectivity index (χ0) is 14.6. The van der Waals surface area contributed by atoms with E-state index >= 15 is 0 Å². The second-order valence-electron chi connectivity index (χ2n) is 4.97. The van der Waals surface area contributed by atoms with E-state index in [0.717, 1.165) is 16.8 Å². The van der Waals surface area contributed by atoms with Crippen LogP contribution < -0.4 is 16.4 Å². The van der Waals surface area contributed by atoms with E-state index in [4.69, 9.17) is 5.73 Å². The predicted octanol–water partition coefficient (Wildman–Crippen LogP) is 1.93. The molecule has 0 aromatic heterocycles. The van der Waals surface area contributed by atoms with Crippen LogP contribution in [-0.2, 0) is 4.79 Å². The average molecular weight is 263 g/mol. The van der Waals surface area contributed by atoms with Crippen LogP contribution in [0.3, 0.4) is 0 Å². The van der Waals surface area contributed by atoms with Crippen LogP contribution in [0.1, 0.15) is 25.0 Å². The molecule has 1 aromatic carbocycles. The van der Waals surface area contributed by atoms with Gasteiger partial charge < -0.3 is 16.4 Å². The molecule has 0 spiro atoms. The summed E-state index contributed by atoms with van der Waals surface area (Å²) in [7, 11) is 0. The van der Waals surface area contributed by atoms with Gasteiger partial charge in [0.2, 0.25) is 5.91 Å². The molecule has 1 unspecified atom stereocenters. The molecule has 0 aliphatic heterocycles. The van der Waals surface area contributed by atoms with Crippen molar-refractivity contribution in [2.45, 2.75) is 33.7 Å². The number of anilines is 1. The van der Waals surface area contributed by atoms with Gasteiger partial charge in [0, 0.05) is 5.69 Å². The summed E-state index contributed by atoms with van der Waals surface area (Å²) in [5.74, 6) is -0.305. The predicted molar refractivity (Wildman–Crippen MR) is 75.9 cm³/mol. The molecule has 19 heavy (non-hydrogen) atoms. The van der Waals surface area contributed by atoms with E-state index in [9.17, 15) is 9.59 Å². The van der Waals surface area contributed by atoms with Crippen LogP contribution in [0.25, 0.3) is 0 Å². The minimum absolute atomic E-state index is 0.0439. The number of primary amides is 1. The number of nitrogens with one attached hydrogen (secondary N) is 2. The Labute approximate surface area is 113 Å². The number of aryl methyl sites for hydroxylation is 1. The molecule has 0 heterocycles. The number of amides is 3. The number of carbonyl (C=O) groups excluding carboxylic acids is 2. The van der Waals surface area contributed by atoms with Crippen molar-refractivity contribution in [2.24, 2.45) is 11.7 Å². The Morgan fingerprint density at radius 3 is 2.37 bits per heavy atom. The van der Waals surface area contributed by atoms with Gasteiger partial charge in [-0.05, 0) is 37.0 Å². The monoisotopic (exact) mass is 263 g/mol. The molecule has 1 rings (SSSR count). The first-order valence-electron chi connectivity index (χ1n) is 6.26. The number of urea groups is 1. The lowest BCUT2D eigenvalue weighted by molar-refractivity contribution is -0.118. The second kappa shape index (κ2) is 6.22. The van der Waals surface area contributed by atoms with Gasteiger partial charge in [-0.1, -0.05) is 26.0 Å². The first-order chi connectivity index (χ1) is 8.82. The van der Waals surface area contributed by atoms with E-state index in [1.807, 2.05) is 45.9 Å². The summed E-state index contributed by atoms with van der Waals surface area (Å²) in [6.45, 7) is 7.62. The van der Waals surface area contributed by atoms with Crippen LogP contribution >= 0.6 is 0 Å². The second-order valence-corrected chi connectivity index (χ2v) is 4.97. The molecular formula is C14H21N3O2. The molecule has 4 N–H and O–H groups in total. The normalized spacial score (nSPS) is 12.1. The first kappa shape index (κ1) is 15.0. The maximum absolute atomic E-state index is 12.2. The quantitative estimate of drug-likeness (QED) is 0.775. The van der Waals surface area contributed by atoms with Crippen molar-refractivity contribution >= 4 is 17.6 Å². The highest BCUT2D eigenvalue weighted by Gasteiger charge is 2.23. The highest BCUT2D eigenvalue weighted by Crippen LogP contribution is 2.18. The lowest BCUT2D eigenvalue weighted by atomic mass is 10.0. The lowest BCUT2D eigenvalue weighted by Crippen LogP contribution is -2.49. The lowest BCUT2D eigenvalue weighted by Gasteiger charge is -2.21. The number of rotatable bonds is 4. The van der Waals surface area contributed by atoms with Crippen molar-refractivity contribution in [3.63, 3.8) is 0 Å². The Morgan fingerprint density at radius 1 is 1.21 bits per heavy atom. The van der Waals surface area contributed by atoms with Gasteiger partial charge >= 0.3 is 6.03 Å². The maximum atomic E-state index is 12.2. The van der Waals surface area contributed by atoms with E-state index < -0.39 is 12.1 Å². The number of benzene rings is 1. The third-order valence-electron chi connectivity index (χ3n) is 3.11. The summed E-state index contributed by atoms with van der Waals surface area (Å²) in [6, 6.07) is 4.35. The molecule has 3 amide bonds. The number of carbonyl (C=O) groups is 2. The van der Waals surface area contributed by atoms with Crippen LogP contribution in [0.2, 0.25) is 0 Å². The van der Waals surface area contributed by atoms with Gasteiger partial charge in [-0.2, -0.15) is 0 Å². The molecule has 0 saturated carbocycles. The van der Waals surface area contributed by atoms with E-state index in [2.05, 4.69) is 10.6 Å². The summed E-state index contributed by atoms with van der Waals surface area (Å²) in [5, 5.41) is 5.29. The summed E-state index contributed by atoms with van der Waals surface area (Å²) in [4.78, 5) is 23.1. The summed E-state index contributed by atoms with van der Waals surface area (Å²) in [6.07, 6.45) is 0. The molecule has 0 aliphatic rings. The molecule has 1 atom stereocenters. The smallest absolute Gasteiger partial charge is 0.312 e. The van der Waals surface area contributed by atoms with Crippen molar-refractivity contribution in [2.75, 3.05) is 5.32 Å². The zero-order valence-corrected chi connectivity index (χ0v) is 11.8. The van der Waals surface area contributed by atoms with Crippen LogP contribution in [0.4, 0.5) is 10.5 Å². The molecule has 5 heteroatoms. The molecule has 5 nitrogen and oxygen atoms in total. The third kappa shape index (κ3) is 3.98. The van der Waals surface area contributed by atoms with Gasteiger partial charge in [-0.25, -0.2) is 4.79 Å². The van der Waals surface area contributed by atoms with E-state index in [1.54, 1.807) is 0 Å². The fourth-order valence-electron chi connectivity index (χ4n) is 1.79. The minimum Gasteiger partial charge on any atom is -0.352 e. The molecule has 0 fully saturated rings. The van der Waals surface area contributed by atoms with Crippen LogP contribution in [0, 0.1) is 19.8 Å². The number of hydrogen-bond donors (Lipinski definition) is 3. The molecule has 104 valence electrons. The van der Waals surface area contributed by atoms with E-state index in [0.29, 0.717) is 0 Å². The topological polar surface area (TPSA) is 84.2 Å². The van der Waals surface area contributed by atoms with Crippen LogP contribution in [0.15, 0.2) is 18.2 Å².